The van der Waals surface area contributed by atoms with Crippen LogP contribution in [0.1, 0.15) is 226 Å². The van der Waals surface area contributed by atoms with Crippen molar-refractivity contribution in [2.45, 2.75) is 238 Å². The van der Waals surface area contributed by atoms with Crippen LogP contribution < -0.4 is 0 Å². The third-order valence-corrected chi connectivity index (χ3v) is 12.2. The number of phosphoric ester groups is 1. The molecule has 0 rings (SSSR count). The number of hydrogen-bond acceptors (Lipinski definition) is 10. The lowest BCUT2D eigenvalue weighted by Crippen LogP contribution is -2.30. The molecule has 0 aromatic heterocycles. The normalized spacial score (nSPS) is 14.1. The van der Waals surface area contributed by atoms with Gasteiger partial charge in [-0.1, -0.05) is 196 Å². The van der Waals surface area contributed by atoms with Gasteiger partial charge in [0.05, 0.1) is 19.8 Å². The summed E-state index contributed by atoms with van der Waals surface area (Å²) in [6.45, 7) is 4.35. The highest BCUT2D eigenvalue weighted by Gasteiger charge is 2.28. The topological polar surface area (TPSA) is 155 Å². The van der Waals surface area contributed by atoms with Crippen LogP contribution in [0.15, 0.2) is 85.1 Å². The van der Waals surface area contributed by atoms with Gasteiger partial charge in [-0.15, -0.1) is 0 Å². The summed E-state index contributed by atoms with van der Waals surface area (Å²) in [5, 5.41) is 9.78. The highest BCUT2D eigenvalue weighted by molar-refractivity contribution is 7.47. The number of carbonyl (C=O) groups excluding carboxylic acids is 3. The van der Waals surface area contributed by atoms with Gasteiger partial charge in [-0.25, -0.2) is 4.57 Å². The first-order chi connectivity index (χ1) is 34.2. The number of aliphatic hydroxyl groups is 1. The summed E-state index contributed by atoms with van der Waals surface area (Å²) >= 11 is 0. The molecule has 3 unspecified atom stereocenters. The Morgan fingerprint density at radius 1 is 0.414 bits per heavy atom. The van der Waals surface area contributed by atoms with E-state index in [0.717, 1.165) is 103 Å². The second kappa shape index (κ2) is 52.0. The Kier molecular flexibility index (Phi) is 49.5. The fourth-order valence-electron chi connectivity index (χ4n) is 7.11. The van der Waals surface area contributed by atoms with E-state index < -0.39 is 57.8 Å². The van der Waals surface area contributed by atoms with E-state index in [-0.39, 0.29) is 25.9 Å². The zero-order valence-corrected chi connectivity index (χ0v) is 45.1. The number of hydrogen-bond donors (Lipinski definition) is 2. The van der Waals surface area contributed by atoms with Crippen molar-refractivity contribution < 1.29 is 52.2 Å². The van der Waals surface area contributed by atoms with Crippen LogP contribution in [0.4, 0.5) is 0 Å². The zero-order valence-electron chi connectivity index (χ0n) is 44.2. The summed E-state index contributed by atoms with van der Waals surface area (Å²) in [5.41, 5.74) is 0. The van der Waals surface area contributed by atoms with Gasteiger partial charge in [-0.3, -0.25) is 23.4 Å². The van der Waals surface area contributed by atoms with Crippen LogP contribution in [0.3, 0.4) is 0 Å². The quantitative estimate of drug-likeness (QED) is 0.0197. The molecule has 0 radical (unpaired) electrons. The maximum Gasteiger partial charge on any atom is 0.472 e. The Morgan fingerprint density at radius 3 is 1.30 bits per heavy atom. The molecule has 0 aromatic rings. The van der Waals surface area contributed by atoms with Gasteiger partial charge in [-0.05, 0) is 96.3 Å². The molecule has 0 spiro atoms. The standard InChI is InChI=1S/C58H99O11P/c1-4-7-10-13-16-19-22-25-26-27-28-31-32-35-38-41-44-47-56(60)65-51-55(69-58(62)49-46-43-40-37-34-30-24-21-18-15-12-9-6-3)53-67-70(63,64)66-52-54(50-59)68-57(61)48-45-42-39-36-33-29-23-20-17-14-11-8-5-2/h9,11-12,14,18,20-21,23,25-26,30,34,40,43,54-55,59H,4-8,10,13,15-17,19,22,24,27-29,31-33,35-39,41-42,44-53H2,1-3H3,(H,63,64)/b12-9-,14-11-,21-18-,23-20-,26-25-,34-30-,43-40-. The van der Waals surface area contributed by atoms with Gasteiger partial charge in [0.1, 0.15) is 12.7 Å². The molecule has 0 heterocycles. The summed E-state index contributed by atoms with van der Waals surface area (Å²) < 4.78 is 39.3. The van der Waals surface area contributed by atoms with Gasteiger partial charge in [0, 0.05) is 19.3 Å². The van der Waals surface area contributed by atoms with Crippen molar-refractivity contribution in [3.8, 4) is 0 Å². The minimum atomic E-state index is -4.77. The number of unbranched alkanes of at least 4 members (excludes halogenated alkanes) is 19. The molecule has 0 fully saturated rings. The fraction of sp³-hybridized carbons (Fsp3) is 0.707. The molecule has 0 saturated heterocycles. The smallest absolute Gasteiger partial charge is 0.462 e. The molecule has 402 valence electrons. The minimum absolute atomic E-state index is 0.0422. The van der Waals surface area contributed by atoms with Crippen molar-refractivity contribution >= 4 is 25.7 Å². The Balaban J connectivity index is 4.80. The molecule has 0 saturated carbocycles. The second-order valence-corrected chi connectivity index (χ2v) is 19.5. The fourth-order valence-corrected chi connectivity index (χ4v) is 7.89. The summed E-state index contributed by atoms with van der Waals surface area (Å²) in [4.78, 5) is 48.4. The Bertz CT molecular complexity index is 1500. The molecule has 0 aromatic carbocycles. The maximum absolute atomic E-state index is 12.9. The number of ether oxygens (including phenoxy) is 3. The van der Waals surface area contributed by atoms with Gasteiger partial charge in [0.25, 0.3) is 0 Å². The summed E-state index contributed by atoms with van der Waals surface area (Å²) in [6.07, 6.45) is 58.5. The zero-order chi connectivity index (χ0) is 51.3. The lowest BCUT2D eigenvalue weighted by atomic mass is 10.1. The van der Waals surface area contributed by atoms with E-state index in [2.05, 4.69) is 93.7 Å². The van der Waals surface area contributed by atoms with Gasteiger partial charge in [0.2, 0.25) is 0 Å². The van der Waals surface area contributed by atoms with E-state index in [1.165, 1.54) is 64.2 Å². The minimum Gasteiger partial charge on any atom is -0.462 e. The number of carbonyl (C=O) groups is 3. The molecule has 0 bridgehead atoms. The Labute approximate surface area is 426 Å². The van der Waals surface area contributed by atoms with Crippen molar-refractivity contribution in [2.24, 2.45) is 0 Å². The third-order valence-electron chi connectivity index (χ3n) is 11.3. The molecule has 0 aliphatic heterocycles. The van der Waals surface area contributed by atoms with Crippen molar-refractivity contribution in [3.05, 3.63) is 85.1 Å². The maximum atomic E-state index is 12.9. The second-order valence-electron chi connectivity index (χ2n) is 18.0. The van der Waals surface area contributed by atoms with E-state index in [0.29, 0.717) is 19.3 Å². The largest absolute Gasteiger partial charge is 0.472 e. The van der Waals surface area contributed by atoms with Crippen LogP contribution in [0.2, 0.25) is 0 Å². The molecule has 0 aliphatic carbocycles. The molecular weight excluding hydrogens is 904 g/mol. The number of aliphatic hydroxyl groups excluding tert-OH is 1. The first-order valence-corrected chi connectivity index (χ1v) is 29.0. The first-order valence-electron chi connectivity index (χ1n) is 27.5. The summed E-state index contributed by atoms with van der Waals surface area (Å²) in [5.74, 6) is -1.59. The van der Waals surface area contributed by atoms with E-state index in [4.69, 9.17) is 23.3 Å². The molecule has 12 heteroatoms. The molecule has 2 N–H and O–H groups in total. The van der Waals surface area contributed by atoms with Gasteiger partial charge in [-0.2, -0.15) is 0 Å². The van der Waals surface area contributed by atoms with Crippen molar-refractivity contribution in [2.75, 3.05) is 26.4 Å². The van der Waals surface area contributed by atoms with Crippen molar-refractivity contribution in [1.82, 2.24) is 0 Å². The highest BCUT2D eigenvalue weighted by atomic mass is 31.2. The molecular formula is C58H99O11P. The van der Waals surface area contributed by atoms with Crippen LogP contribution in [0.5, 0.6) is 0 Å². The van der Waals surface area contributed by atoms with Gasteiger partial charge >= 0.3 is 25.7 Å². The molecule has 11 nitrogen and oxygen atoms in total. The molecule has 0 aliphatic rings. The van der Waals surface area contributed by atoms with E-state index in [1.54, 1.807) is 0 Å². The number of phosphoric acid groups is 1. The third kappa shape index (κ3) is 49.6. The lowest BCUT2D eigenvalue weighted by molar-refractivity contribution is -0.161. The van der Waals surface area contributed by atoms with E-state index in [1.807, 2.05) is 12.2 Å². The Hall–Kier alpha value is -3.34. The number of allylic oxidation sites excluding steroid dienone is 14. The highest BCUT2D eigenvalue weighted by Crippen LogP contribution is 2.43. The molecule has 0 amide bonds. The Morgan fingerprint density at radius 2 is 0.800 bits per heavy atom. The predicted octanol–water partition coefficient (Wildman–Crippen LogP) is 15.9. The van der Waals surface area contributed by atoms with E-state index in [9.17, 15) is 28.9 Å². The van der Waals surface area contributed by atoms with Crippen LogP contribution >= 0.6 is 7.82 Å². The van der Waals surface area contributed by atoms with Crippen LogP contribution in [0, 0.1) is 0 Å². The summed E-state index contributed by atoms with van der Waals surface area (Å²) in [6, 6.07) is 0. The summed E-state index contributed by atoms with van der Waals surface area (Å²) in [7, 11) is -4.77. The van der Waals surface area contributed by atoms with Crippen LogP contribution in [0.25, 0.3) is 0 Å². The average molecular weight is 1000 g/mol. The number of esters is 3. The van der Waals surface area contributed by atoms with Crippen LogP contribution in [-0.2, 0) is 42.2 Å². The monoisotopic (exact) mass is 1000 g/mol. The van der Waals surface area contributed by atoms with Gasteiger partial charge < -0.3 is 24.2 Å². The SMILES string of the molecule is CC/C=C\C/C=C\C/C=C\C/C=C\CCC(=O)OC(COC(=O)CCCCCCCCC/C=C\CCCCCCCC)COP(=O)(O)OCC(CO)OC(=O)CCCCCCC/C=C\C/C=C\CCC. The van der Waals surface area contributed by atoms with E-state index >= 15 is 0 Å². The van der Waals surface area contributed by atoms with Crippen molar-refractivity contribution in [3.63, 3.8) is 0 Å². The van der Waals surface area contributed by atoms with Gasteiger partial charge in [0.15, 0.2) is 6.10 Å². The predicted molar refractivity (Wildman–Crippen MR) is 288 cm³/mol. The number of rotatable bonds is 50. The molecule has 3 atom stereocenters. The van der Waals surface area contributed by atoms with Crippen molar-refractivity contribution in [1.29, 1.82) is 0 Å². The lowest BCUT2D eigenvalue weighted by Gasteiger charge is -2.21. The first kappa shape index (κ1) is 66.7. The molecule has 70 heavy (non-hydrogen) atoms. The average Bonchev–Trinajstić information content (AvgIpc) is 3.35. The van der Waals surface area contributed by atoms with Crippen LogP contribution in [-0.4, -0.2) is 66.5 Å².